The minimum Gasteiger partial charge on any atom is -0.387 e. The number of ether oxygens (including phenoxy) is 3. The van der Waals surface area contributed by atoms with Crippen molar-refractivity contribution < 1.29 is 24.4 Å². The predicted molar refractivity (Wildman–Crippen MR) is 93.0 cm³/mol. The van der Waals surface area contributed by atoms with E-state index >= 15 is 0 Å². The third-order valence-corrected chi connectivity index (χ3v) is 5.57. The maximum Gasteiger partial charge on any atom is 0.184 e. The Labute approximate surface area is 150 Å². The molecule has 0 aliphatic carbocycles. The Balaban J connectivity index is 1.46. The summed E-state index contributed by atoms with van der Waals surface area (Å²) in [5.41, 5.74) is 0.308. The largest absolute Gasteiger partial charge is 0.387 e. The number of hydrogen-bond donors (Lipinski definition) is 2. The van der Waals surface area contributed by atoms with E-state index in [0.29, 0.717) is 6.61 Å². The molecule has 2 aliphatic rings. The van der Waals surface area contributed by atoms with Crippen LogP contribution in [0.5, 0.6) is 0 Å². The summed E-state index contributed by atoms with van der Waals surface area (Å²) in [6.07, 6.45) is -3.68. The molecule has 0 saturated carbocycles. The fourth-order valence-electron chi connectivity index (χ4n) is 3.09. The normalized spacial score (nSPS) is 35.1. The van der Waals surface area contributed by atoms with Crippen LogP contribution < -0.4 is 0 Å². The van der Waals surface area contributed by atoms with E-state index in [2.05, 4.69) is 0 Å². The van der Waals surface area contributed by atoms with Crippen molar-refractivity contribution in [2.45, 2.75) is 41.0 Å². The highest BCUT2D eigenvalue weighted by Crippen LogP contribution is 2.38. The highest BCUT2D eigenvalue weighted by molar-refractivity contribution is 7.99. The molecule has 0 spiro atoms. The van der Waals surface area contributed by atoms with Gasteiger partial charge in [0.15, 0.2) is 6.29 Å². The minimum absolute atomic E-state index is 0.305. The highest BCUT2D eigenvalue weighted by Gasteiger charge is 2.49. The van der Waals surface area contributed by atoms with Gasteiger partial charge in [-0.15, -0.1) is 0 Å². The Hall–Kier alpha value is -1.41. The van der Waals surface area contributed by atoms with Crippen LogP contribution in [0.25, 0.3) is 0 Å². The minimum atomic E-state index is -1.04. The number of aliphatic hydroxyl groups is 2. The van der Waals surface area contributed by atoms with Crippen molar-refractivity contribution in [1.82, 2.24) is 0 Å². The molecule has 5 nitrogen and oxygen atoms in total. The first-order valence-electron chi connectivity index (χ1n) is 8.28. The summed E-state index contributed by atoms with van der Waals surface area (Å²) in [6, 6.07) is 19.2. The van der Waals surface area contributed by atoms with Gasteiger partial charge in [-0.2, -0.15) is 0 Å². The van der Waals surface area contributed by atoms with Crippen LogP contribution in [0.3, 0.4) is 0 Å². The molecular formula is C19H20O5S. The molecule has 0 unspecified atom stereocenters. The van der Waals surface area contributed by atoms with E-state index in [1.807, 2.05) is 60.7 Å². The zero-order valence-corrected chi connectivity index (χ0v) is 14.3. The van der Waals surface area contributed by atoms with Gasteiger partial charge >= 0.3 is 0 Å². The molecule has 2 aromatic carbocycles. The monoisotopic (exact) mass is 360 g/mol. The van der Waals surface area contributed by atoms with E-state index in [9.17, 15) is 10.2 Å². The average Bonchev–Trinajstić information content (AvgIpc) is 2.67. The third kappa shape index (κ3) is 3.60. The first-order chi connectivity index (χ1) is 12.2. The van der Waals surface area contributed by atoms with Gasteiger partial charge in [0.25, 0.3) is 0 Å². The van der Waals surface area contributed by atoms with Crippen molar-refractivity contribution in [3.8, 4) is 0 Å². The van der Waals surface area contributed by atoms with Gasteiger partial charge in [0.05, 0.1) is 6.61 Å². The van der Waals surface area contributed by atoms with Crippen LogP contribution in [-0.4, -0.2) is 46.7 Å². The SMILES string of the molecule is O[C@@H]1[C@@H](O)[C@@H](Sc2ccccc2)O[C@H]2CO[C@@H](c3ccccc3)O[C@@H]12. The van der Waals surface area contributed by atoms with Crippen LogP contribution in [0.2, 0.25) is 0 Å². The lowest BCUT2D eigenvalue weighted by Gasteiger charge is -2.46. The molecule has 2 aromatic rings. The van der Waals surface area contributed by atoms with Crippen LogP contribution in [0.15, 0.2) is 65.6 Å². The van der Waals surface area contributed by atoms with Crippen LogP contribution in [-0.2, 0) is 14.2 Å². The molecule has 2 saturated heterocycles. The van der Waals surface area contributed by atoms with E-state index in [0.717, 1.165) is 10.5 Å². The highest BCUT2D eigenvalue weighted by atomic mass is 32.2. The topological polar surface area (TPSA) is 68.2 Å². The van der Waals surface area contributed by atoms with Crippen molar-refractivity contribution in [3.63, 3.8) is 0 Å². The van der Waals surface area contributed by atoms with Crippen LogP contribution in [0.4, 0.5) is 0 Å². The van der Waals surface area contributed by atoms with Gasteiger partial charge in [-0.1, -0.05) is 60.3 Å². The summed E-state index contributed by atoms with van der Waals surface area (Å²) in [6.45, 7) is 0.305. The van der Waals surface area contributed by atoms with E-state index in [-0.39, 0.29) is 0 Å². The molecule has 2 aliphatic heterocycles. The van der Waals surface area contributed by atoms with E-state index < -0.39 is 36.1 Å². The van der Waals surface area contributed by atoms with Crippen molar-refractivity contribution in [3.05, 3.63) is 66.2 Å². The zero-order chi connectivity index (χ0) is 17.2. The summed E-state index contributed by atoms with van der Waals surface area (Å²) in [5.74, 6) is 0. The van der Waals surface area contributed by atoms with Crippen LogP contribution in [0.1, 0.15) is 11.9 Å². The van der Waals surface area contributed by atoms with Crippen molar-refractivity contribution >= 4 is 11.8 Å². The predicted octanol–water partition coefficient (Wildman–Crippen LogP) is 2.34. The Morgan fingerprint density at radius 2 is 1.52 bits per heavy atom. The summed E-state index contributed by atoms with van der Waals surface area (Å²) in [5, 5.41) is 21.0. The van der Waals surface area contributed by atoms with E-state index in [1.54, 1.807) is 0 Å². The van der Waals surface area contributed by atoms with Crippen molar-refractivity contribution in [1.29, 1.82) is 0 Å². The van der Waals surface area contributed by atoms with Gasteiger partial charge in [-0.05, 0) is 12.1 Å². The third-order valence-electron chi connectivity index (χ3n) is 4.40. The molecule has 2 heterocycles. The quantitative estimate of drug-likeness (QED) is 0.876. The molecule has 4 rings (SSSR count). The second-order valence-corrected chi connectivity index (χ2v) is 7.30. The van der Waals surface area contributed by atoms with Crippen LogP contribution in [0, 0.1) is 0 Å². The molecule has 0 radical (unpaired) electrons. The first kappa shape index (κ1) is 17.0. The molecular weight excluding hydrogens is 340 g/mol. The number of rotatable bonds is 3. The Kier molecular flexibility index (Phi) is 5.08. The molecule has 0 bridgehead atoms. The Morgan fingerprint density at radius 3 is 2.24 bits per heavy atom. The van der Waals surface area contributed by atoms with Gasteiger partial charge in [-0.3, -0.25) is 0 Å². The summed E-state index contributed by atoms with van der Waals surface area (Å²) >= 11 is 1.39. The lowest BCUT2D eigenvalue weighted by molar-refractivity contribution is -0.318. The Bertz CT molecular complexity index is 681. The molecule has 2 N–H and O–H groups in total. The van der Waals surface area contributed by atoms with Crippen molar-refractivity contribution in [2.75, 3.05) is 6.61 Å². The van der Waals surface area contributed by atoms with E-state index in [1.165, 1.54) is 11.8 Å². The molecule has 0 amide bonds. The molecule has 0 aromatic heterocycles. The fourth-order valence-corrected chi connectivity index (χ4v) is 4.17. The van der Waals surface area contributed by atoms with Gasteiger partial charge in [0.2, 0.25) is 0 Å². The standard InChI is InChI=1S/C19H20O5S/c20-15-16(21)19(25-13-9-5-2-6-10-13)23-14-11-22-18(24-17(14)15)12-7-3-1-4-8-12/h1-10,14-21H,11H2/t14-,15+,16+,17+,18+,19+/m0/s1. The second-order valence-electron chi connectivity index (χ2n) is 6.13. The zero-order valence-electron chi connectivity index (χ0n) is 13.5. The second kappa shape index (κ2) is 7.45. The molecule has 25 heavy (non-hydrogen) atoms. The maximum atomic E-state index is 10.6. The average molecular weight is 360 g/mol. The number of benzene rings is 2. The summed E-state index contributed by atoms with van der Waals surface area (Å²) in [7, 11) is 0. The Morgan fingerprint density at radius 1 is 0.840 bits per heavy atom. The van der Waals surface area contributed by atoms with E-state index in [4.69, 9.17) is 14.2 Å². The lowest BCUT2D eigenvalue weighted by atomic mass is 9.99. The first-order valence-corrected chi connectivity index (χ1v) is 9.15. The lowest BCUT2D eigenvalue weighted by Crippen LogP contribution is -2.60. The number of fused-ring (bicyclic) bond motifs is 1. The molecule has 6 heteroatoms. The summed E-state index contributed by atoms with van der Waals surface area (Å²) in [4.78, 5) is 0.969. The van der Waals surface area contributed by atoms with Gasteiger partial charge in [-0.25, -0.2) is 0 Å². The number of aliphatic hydroxyl groups excluding tert-OH is 2. The van der Waals surface area contributed by atoms with Gasteiger partial charge in [0, 0.05) is 10.5 Å². The van der Waals surface area contributed by atoms with Gasteiger partial charge in [0.1, 0.15) is 29.9 Å². The molecule has 6 atom stereocenters. The number of hydrogen-bond acceptors (Lipinski definition) is 6. The van der Waals surface area contributed by atoms with Crippen molar-refractivity contribution in [2.24, 2.45) is 0 Å². The van der Waals surface area contributed by atoms with Crippen LogP contribution >= 0.6 is 11.8 Å². The van der Waals surface area contributed by atoms with Gasteiger partial charge < -0.3 is 24.4 Å². The maximum absolute atomic E-state index is 10.6. The number of thioether (sulfide) groups is 1. The smallest absolute Gasteiger partial charge is 0.184 e. The molecule has 2 fully saturated rings. The molecule has 132 valence electrons. The summed E-state index contributed by atoms with van der Waals surface area (Å²) < 4.78 is 17.6. The fraction of sp³-hybridized carbons (Fsp3) is 0.368.